The summed E-state index contributed by atoms with van der Waals surface area (Å²) in [5.41, 5.74) is 0.855. The minimum atomic E-state index is -1.51. The van der Waals surface area contributed by atoms with Gasteiger partial charge >= 0.3 is 5.24 Å². The first-order valence-electron chi connectivity index (χ1n) is 5.50. The third kappa shape index (κ3) is 4.13. The number of hydrogen-bond acceptors (Lipinski definition) is 2. The Balaban J connectivity index is 2.66. The number of carbonyl (C=O) groups is 1. The second-order valence-corrected chi connectivity index (χ2v) is 5.32. The molecule has 0 heterocycles. The molecule has 1 aromatic carbocycles. The van der Waals surface area contributed by atoms with Gasteiger partial charge in [0.15, 0.2) is 0 Å². The largest absolute Gasteiger partial charge is 0.332 e. The zero-order valence-electron chi connectivity index (χ0n) is 9.98. The van der Waals surface area contributed by atoms with E-state index >= 15 is 0 Å². The Morgan fingerprint density at radius 3 is 2.24 bits per heavy atom. The summed E-state index contributed by atoms with van der Waals surface area (Å²) in [6, 6.07) is 7.04. The summed E-state index contributed by atoms with van der Waals surface area (Å²) >= 11 is 5.76. The summed E-state index contributed by atoms with van der Waals surface area (Å²) in [6.07, 6.45) is 0. The zero-order chi connectivity index (χ0) is 12.8. The Kier molecular flexibility index (Phi) is 5.65. The summed E-state index contributed by atoms with van der Waals surface area (Å²) < 4.78 is 11.8. The number of nitrogens with zero attached hydrogens (tertiary/aromatic N) is 1. The van der Waals surface area contributed by atoms with Gasteiger partial charge in [-0.2, -0.15) is 0 Å². The van der Waals surface area contributed by atoms with E-state index in [0.717, 1.165) is 5.56 Å². The molecule has 0 aliphatic heterocycles. The zero-order valence-corrected chi connectivity index (χ0v) is 11.6. The fourth-order valence-electron chi connectivity index (χ4n) is 1.42. The van der Waals surface area contributed by atoms with Crippen LogP contribution in [-0.4, -0.2) is 27.4 Å². The van der Waals surface area contributed by atoms with Gasteiger partial charge in [0, 0.05) is 18.1 Å². The first-order chi connectivity index (χ1) is 8.08. The molecule has 3 nitrogen and oxygen atoms in total. The molecule has 1 aromatic rings. The second kappa shape index (κ2) is 6.77. The maximum absolute atomic E-state index is 11.8. The summed E-state index contributed by atoms with van der Waals surface area (Å²) in [7, 11) is -1.51. The third-order valence-corrected chi connectivity index (χ3v) is 3.92. The smallest absolute Gasteiger partial charge is 0.312 e. The van der Waals surface area contributed by atoms with Crippen molar-refractivity contribution in [2.45, 2.75) is 19.6 Å². The Labute approximate surface area is 109 Å². The first-order valence-corrected chi connectivity index (χ1v) is 7.19. The first kappa shape index (κ1) is 14.2. The lowest BCUT2D eigenvalue weighted by Crippen LogP contribution is -2.32. The second-order valence-electron chi connectivity index (χ2n) is 3.55. The van der Waals surface area contributed by atoms with Crippen molar-refractivity contribution in [1.29, 1.82) is 0 Å². The highest BCUT2D eigenvalue weighted by Gasteiger charge is 2.17. The molecule has 0 fully saturated rings. The fourth-order valence-corrected chi connectivity index (χ4v) is 2.71. The van der Waals surface area contributed by atoms with E-state index in [-0.39, 0.29) is 11.0 Å². The number of halogens is 1. The van der Waals surface area contributed by atoms with Crippen LogP contribution in [0.4, 0.5) is 4.79 Å². The van der Waals surface area contributed by atoms with E-state index in [1.807, 2.05) is 13.8 Å². The molecule has 0 N–H and O–H groups in total. The molecule has 0 radical (unpaired) electrons. The minimum absolute atomic E-state index is 0.243. The van der Waals surface area contributed by atoms with Crippen LogP contribution in [0.2, 0.25) is 5.02 Å². The molecule has 0 bridgehead atoms. The van der Waals surface area contributed by atoms with Crippen LogP contribution in [0.25, 0.3) is 0 Å². The van der Waals surface area contributed by atoms with Crippen molar-refractivity contribution in [3.8, 4) is 0 Å². The van der Waals surface area contributed by atoms with Crippen LogP contribution in [0.1, 0.15) is 19.4 Å². The highest BCUT2D eigenvalue weighted by Crippen LogP contribution is 2.12. The minimum Gasteiger partial charge on any atom is -0.332 e. The summed E-state index contributed by atoms with van der Waals surface area (Å²) in [6.45, 7) is 4.92. The highest BCUT2D eigenvalue weighted by atomic mass is 35.5. The van der Waals surface area contributed by atoms with Crippen molar-refractivity contribution < 1.29 is 9.00 Å². The van der Waals surface area contributed by atoms with Crippen LogP contribution in [-0.2, 0) is 16.6 Å². The molecule has 5 heteroatoms. The van der Waals surface area contributed by atoms with Gasteiger partial charge in [0.25, 0.3) is 0 Å². The molecule has 1 rings (SSSR count). The van der Waals surface area contributed by atoms with Gasteiger partial charge in [-0.15, -0.1) is 0 Å². The quantitative estimate of drug-likeness (QED) is 0.846. The number of carbonyl (C=O) groups excluding carboxylic acids is 1. The number of rotatable bonds is 4. The van der Waals surface area contributed by atoms with Gasteiger partial charge in [-0.25, -0.2) is 4.21 Å². The molecule has 0 aliphatic rings. The molecule has 94 valence electrons. The number of amides is 1. The van der Waals surface area contributed by atoms with Gasteiger partial charge in [0.2, 0.25) is 0 Å². The normalized spacial score (nSPS) is 12.2. The Morgan fingerprint density at radius 1 is 1.24 bits per heavy atom. The molecular weight excluding hydrogens is 258 g/mol. The van der Waals surface area contributed by atoms with Gasteiger partial charge in [0.1, 0.15) is 10.8 Å². The number of hydrogen-bond donors (Lipinski definition) is 0. The third-order valence-electron chi connectivity index (χ3n) is 2.43. The molecule has 17 heavy (non-hydrogen) atoms. The average Bonchev–Trinajstić information content (AvgIpc) is 2.33. The van der Waals surface area contributed by atoms with Gasteiger partial charge in [-0.05, 0) is 31.5 Å². The Hall–Kier alpha value is -0.870. The Bertz CT molecular complexity index is 401. The Morgan fingerprint density at radius 2 is 1.76 bits per heavy atom. The van der Waals surface area contributed by atoms with E-state index in [0.29, 0.717) is 18.1 Å². The van der Waals surface area contributed by atoms with Crippen LogP contribution in [0.3, 0.4) is 0 Å². The molecule has 0 saturated carbocycles. The van der Waals surface area contributed by atoms with Crippen LogP contribution in [0.15, 0.2) is 24.3 Å². The molecular formula is C12H16ClNO2S. The van der Waals surface area contributed by atoms with Crippen molar-refractivity contribution >= 4 is 27.6 Å². The van der Waals surface area contributed by atoms with Crippen molar-refractivity contribution in [3.05, 3.63) is 34.9 Å². The van der Waals surface area contributed by atoms with E-state index in [9.17, 15) is 9.00 Å². The summed E-state index contributed by atoms with van der Waals surface area (Å²) in [5.74, 6) is 0.243. The maximum Gasteiger partial charge on any atom is 0.312 e. The monoisotopic (exact) mass is 273 g/mol. The molecule has 0 spiro atoms. The fraction of sp³-hybridized carbons (Fsp3) is 0.417. The lowest BCUT2D eigenvalue weighted by Gasteiger charge is -2.17. The summed E-state index contributed by atoms with van der Waals surface area (Å²) in [5, 5.41) is 0.333. The van der Waals surface area contributed by atoms with Crippen molar-refractivity contribution in [3.63, 3.8) is 0 Å². The van der Waals surface area contributed by atoms with Crippen LogP contribution in [0, 0.1) is 0 Å². The molecule has 0 aromatic heterocycles. The number of benzene rings is 1. The molecule has 0 aliphatic carbocycles. The van der Waals surface area contributed by atoms with Crippen molar-refractivity contribution in [2.75, 3.05) is 13.1 Å². The topological polar surface area (TPSA) is 37.4 Å². The van der Waals surface area contributed by atoms with Crippen molar-refractivity contribution in [2.24, 2.45) is 0 Å². The van der Waals surface area contributed by atoms with Gasteiger partial charge in [0.05, 0.1) is 5.75 Å². The highest BCUT2D eigenvalue weighted by molar-refractivity contribution is 7.99. The maximum atomic E-state index is 11.8. The predicted octanol–water partition coefficient (Wildman–Crippen LogP) is 3.05. The summed E-state index contributed by atoms with van der Waals surface area (Å²) in [4.78, 5) is 13.4. The van der Waals surface area contributed by atoms with E-state index < -0.39 is 10.8 Å². The van der Waals surface area contributed by atoms with E-state index in [4.69, 9.17) is 11.6 Å². The lowest BCUT2D eigenvalue weighted by atomic mass is 10.2. The average molecular weight is 274 g/mol. The van der Waals surface area contributed by atoms with Gasteiger partial charge in [-0.3, -0.25) is 4.79 Å². The predicted molar refractivity (Wildman–Crippen MR) is 71.6 cm³/mol. The molecule has 0 saturated heterocycles. The molecule has 1 unspecified atom stereocenters. The van der Waals surface area contributed by atoms with E-state index in [2.05, 4.69) is 0 Å². The van der Waals surface area contributed by atoms with Gasteiger partial charge < -0.3 is 4.90 Å². The van der Waals surface area contributed by atoms with Crippen LogP contribution < -0.4 is 0 Å². The van der Waals surface area contributed by atoms with Crippen molar-refractivity contribution in [1.82, 2.24) is 4.90 Å². The van der Waals surface area contributed by atoms with E-state index in [1.165, 1.54) is 0 Å². The standard InChI is InChI=1S/C12H16ClNO2S/c1-3-14(4-2)12(15)17(16)9-10-5-7-11(13)8-6-10/h5-8H,3-4,9H2,1-2H3. The van der Waals surface area contributed by atoms with Crippen LogP contribution >= 0.6 is 11.6 Å². The molecule has 1 amide bonds. The van der Waals surface area contributed by atoms with Gasteiger partial charge in [-0.1, -0.05) is 23.7 Å². The lowest BCUT2D eigenvalue weighted by molar-refractivity contribution is 0.227. The molecule has 1 atom stereocenters. The van der Waals surface area contributed by atoms with Crippen LogP contribution in [0.5, 0.6) is 0 Å². The van der Waals surface area contributed by atoms with E-state index in [1.54, 1.807) is 29.2 Å². The SMILES string of the molecule is CCN(CC)C(=O)S(=O)Cc1ccc(Cl)cc1.